The quantitative estimate of drug-likeness (QED) is 0.503. The first-order valence-corrected chi connectivity index (χ1v) is 10.1. The Balaban J connectivity index is 1.73. The highest BCUT2D eigenvalue weighted by molar-refractivity contribution is 7.15. The van der Waals surface area contributed by atoms with Crippen LogP contribution in [0.25, 0.3) is 11.0 Å². The molecule has 0 bridgehead atoms. The number of halogens is 1. The van der Waals surface area contributed by atoms with Gasteiger partial charge in [-0.05, 0) is 41.5 Å². The summed E-state index contributed by atoms with van der Waals surface area (Å²) >= 11 is 7.04. The summed E-state index contributed by atoms with van der Waals surface area (Å²) in [5.74, 6) is 0. The summed E-state index contributed by atoms with van der Waals surface area (Å²) in [6.07, 6.45) is 2.05. The highest BCUT2D eigenvalue weighted by Gasteiger charge is 2.12. The van der Waals surface area contributed by atoms with Gasteiger partial charge in [0.1, 0.15) is 5.69 Å². The van der Waals surface area contributed by atoms with Gasteiger partial charge >= 0.3 is 0 Å². The number of fused-ring (bicyclic) bond motifs is 1. The van der Waals surface area contributed by atoms with Gasteiger partial charge in [-0.3, -0.25) is 9.59 Å². The second-order valence-electron chi connectivity index (χ2n) is 6.76. The molecular formula is C21H17ClN4O2S. The minimum atomic E-state index is -0.416. The highest BCUT2D eigenvalue weighted by Crippen LogP contribution is 2.14. The number of hydrogen-bond donors (Lipinski definition) is 0. The van der Waals surface area contributed by atoms with Crippen LogP contribution in [0.15, 0.2) is 58.1 Å². The van der Waals surface area contributed by atoms with E-state index < -0.39 is 5.56 Å². The molecule has 0 saturated carbocycles. The van der Waals surface area contributed by atoms with Crippen LogP contribution in [0.2, 0.25) is 5.02 Å². The first kappa shape index (κ1) is 19.3. The van der Waals surface area contributed by atoms with Gasteiger partial charge in [0.2, 0.25) is 4.96 Å². The van der Waals surface area contributed by atoms with Gasteiger partial charge in [-0.2, -0.15) is 14.6 Å². The van der Waals surface area contributed by atoms with Crippen molar-refractivity contribution in [2.45, 2.75) is 6.42 Å². The molecule has 0 spiro atoms. The Kier molecular flexibility index (Phi) is 5.17. The zero-order valence-corrected chi connectivity index (χ0v) is 17.4. The lowest BCUT2D eigenvalue weighted by atomic mass is 10.1. The van der Waals surface area contributed by atoms with E-state index in [1.54, 1.807) is 18.2 Å². The largest absolute Gasteiger partial charge is 0.378 e. The van der Waals surface area contributed by atoms with E-state index in [-0.39, 0.29) is 16.2 Å². The number of nitrogens with zero attached hydrogens (tertiary/aromatic N) is 4. The molecule has 6 nitrogen and oxygen atoms in total. The fourth-order valence-electron chi connectivity index (χ4n) is 2.87. The highest BCUT2D eigenvalue weighted by atomic mass is 35.5. The lowest BCUT2D eigenvalue weighted by Crippen LogP contribution is -2.28. The number of hydrogen-bond acceptors (Lipinski definition) is 6. The second kappa shape index (κ2) is 7.77. The molecule has 0 amide bonds. The number of anilines is 1. The first-order valence-electron chi connectivity index (χ1n) is 8.87. The van der Waals surface area contributed by atoms with Crippen molar-refractivity contribution in [1.82, 2.24) is 14.6 Å². The van der Waals surface area contributed by atoms with E-state index in [1.165, 1.54) is 4.52 Å². The predicted molar refractivity (Wildman–Crippen MR) is 117 cm³/mol. The van der Waals surface area contributed by atoms with Gasteiger partial charge in [0, 0.05) is 31.2 Å². The van der Waals surface area contributed by atoms with Crippen molar-refractivity contribution in [3.63, 3.8) is 0 Å². The summed E-state index contributed by atoms with van der Waals surface area (Å²) < 4.78 is 1.66. The summed E-state index contributed by atoms with van der Waals surface area (Å²) in [7, 11) is 3.93. The molecule has 2 aromatic carbocycles. The summed E-state index contributed by atoms with van der Waals surface area (Å²) in [4.78, 5) is 31.5. The van der Waals surface area contributed by atoms with Crippen LogP contribution in [0, 0.1) is 0 Å². The fourth-order valence-corrected chi connectivity index (χ4v) is 3.90. The van der Waals surface area contributed by atoms with E-state index in [1.807, 2.05) is 55.4 Å². The number of thiazole rings is 1. The van der Waals surface area contributed by atoms with Crippen LogP contribution in [0.5, 0.6) is 0 Å². The molecule has 146 valence electrons. The predicted octanol–water partition coefficient (Wildman–Crippen LogP) is 2.37. The molecule has 4 rings (SSSR count). The Morgan fingerprint density at radius 3 is 2.41 bits per heavy atom. The maximum atomic E-state index is 12.7. The Morgan fingerprint density at radius 2 is 1.76 bits per heavy atom. The smallest absolute Gasteiger partial charge is 0.296 e. The monoisotopic (exact) mass is 424 g/mol. The zero-order chi connectivity index (χ0) is 20.5. The molecule has 0 aliphatic rings. The Hall–Kier alpha value is -3.03. The first-order chi connectivity index (χ1) is 13.9. The molecule has 0 unspecified atom stereocenters. The molecule has 0 radical (unpaired) electrons. The Morgan fingerprint density at radius 1 is 1.07 bits per heavy atom. The van der Waals surface area contributed by atoms with Crippen LogP contribution in [-0.2, 0) is 6.42 Å². The van der Waals surface area contributed by atoms with Gasteiger partial charge in [0.15, 0.2) is 0 Å². The van der Waals surface area contributed by atoms with E-state index >= 15 is 0 Å². The van der Waals surface area contributed by atoms with Crippen LogP contribution in [0.1, 0.15) is 16.8 Å². The van der Waals surface area contributed by atoms with Crippen LogP contribution in [-0.4, -0.2) is 28.7 Å². The van der Waals surface area contributed by atoms with Gasteiger partial charge in [-0.25, -0.2) is 0 Å². The van der Waals surface area contributed by atoms with Crippen molar-refractivity contribution < 1.29 is 0 Å². The van der Waals surface area contributed by atoms with Crippen molar-refractivity contribution >= 4 is 39.7 Å². The molecule has 4 aromatic rings. The van der Waals surface area contributed by atoms with E-state index in [2.05, 4.69) is 10.1 Å². The van der Waals surface area contributed by atoms with E-state index in [9.17, 15) is 9.59 Å². The normalized spacial score (nSPS) is 11.9. The maximum absolute atomic E-state index is 12.7. The van der Waals surface area contributed by atoms with Crippen LogP contribution in [0.4, 0.5) is 5.69 Å². The third-order valence-electron chi connectivity index (χ3n) is 4.44. The lowest BCUT2D eigenvalue weighted by molar-refractivity contribution is 0.811. The number of benzene rings is 2. The van der Waals surface area contributed by atoms with Crippen molar-refractivity contribution in [3.05, 3.63) is 95.6 Å². The summed E-state index contributed by atoms with van der Waals surface area (Å²) in [5, 5.41) is 4.91. The van der Waals surface area contributed by atoms with Crippen LogP contribution in [0.3, 0.4) is 0 Å². The summed E-state index contributed by atoms with van der Waals surface area (Å²) in [6, 6.07) is 15.0. The van der Waals surface area contributed by atoms with Gasteiger partial charge in [0.25, 0.3) is 11.1 Å². The van der Waals surface area contributed by atoms with Crippen molar-refractivity contribution in [2.24, 2.45) is 0 Å². The Labute approximate surface area is 175 Å². The molecular weight excluding hydrogens is 408 g/mol. The molecule has 8 heteroatoms. The third-order valence-corrected chi connectivity index (χ3v) is 5.65. The molecule has 0 aliphatic heterocycles. The average Bonchev–Trinajstić information content (AvgIpc) is 2.99. The topological polar surface area (TPSA) is 67.6 Å². The third kappa shape index (κ3) is 4.06. The van der Waals surface area contributed by atoms with E-state index in [0.717, 1.165) is 28.2 Å². The van der Waals surface area contributed by atoms with E-state index in [0.29, 0.717) is 16.0 Å². The number of rotatable bonds is 4. The van der Waals surface area contributed by atoms with Gasteiger partial charge in [0.05, 0.1) is 4.53 Å². The lowest BCUT2D eigenvalue weighted by Gasteiger charge is -2.12. The van der Waals surface area contributed by atoms with Gasteiger partial charge < -0.3 is 4.90 Å². The molecule has 0 atom stereocenters. The van der Waals surface area contributed by atoms with Crippen molar-refractivity contribution in [3.8, 4) is 0 Å². The second-order valence-corrected chi connectivity index (χ2v) is 8.21. The van der Waals surface area contributed by atoms with Crippen molar-refractivity contribution in [2.75, 3.05) is 19.0 Å². The standard InChI is InChI=1S/C21H17ClN4O2S/c1-25(2)16-9-5-13(6-10-16)11-17-19(27)23-21-26(24-17)20(28)18(29-21)12-14-3-7-15(22)8-4-14/h3-10,12H,11H2,1-2H3/b18-12-. The maximum Gasteiger partial charge on any atom is 0.296 e. The molecule has 2 heterocycles. The summed E-state index contributed by atoms with van der Waals surface area (Å²) in [6.45, 7) is 0. The molecule has 0 saturated heterocycles. The molecule has 0 N–H and O–H groups in total. The molecule has 2 aromatic heterocycles. The zero-order valence-electron chi connectivity index (χ0n) is 15.8. The van der Waals surface area contributed by atoms with Crippen LogP contribution >= 0.6 is 22.9 Å². The molecule has 0 aliphatic carbocycles. The fraction of sp³-hybridized carbons (Fsp3) is 0.143. The average molecular weight is 425 g/mol. The van der Waals surface area contributed by atoms with Gasteiger partial charge in [-0.1, -0.05) is 47.2 Å². The Bertz CT molecular complexity index is 1340. The molecule has 29 heavy (non-hydrogen) atoms. The van der Waals surface area contributed by atoms with Gasteiger partial charge in [-0.15, -0.1) is 0 Å². The minimum Gasteiger partial charge on any atom is -0.378 e. The molecule has 0 fully saturated rings. The summed E-state index contributed by atoms with van der Waals surface area (Å²) in [5.41, 5.74) is 2.36. The minimum absolute atomic E-state index is 0.244. The van der Waals surface area contributed by atoms with E-state index in [4.69, 9.17) is 11.6 Å². The van der Waals surface area contributed by atoms with Crippen molar-refractivity contribution in [1.29, 1.82) is 0 Å². The van der Waals surface area contributed by atoms with Crippen LogP contribution < -0.4 is 20.6 Å². The number of aromatic nitrogens is 3. The SMILES string of the molecule is CN(C)c1ccc(Cc2nn3c(=O)/c(=C/c4ccc(Cl)cc4)sc3nc2=O)cc1.